The number of aromatic nitrogens is 1. The summed E-state index contributed by atoms with van der Waals surface area (Å²) in [5.41, 5.74) is 1.70. The number of aliphatic hydroxyl groups is 1. The van der Waals surface area contributed by atoms with E-state index in [-0.39, 0.29) is 13.2 Å². The van der Waals surface area contributed by atoms with Crippen LogP contribution in [0.25, 0.3) is 0 Å². The smallest absolute Gasteiger partial charge is 0.319 e. The van der Waals surface area contributed by atoms with Crippen LogP contribution < -0.4 is 0 Å². The van der Waals surface area contributed by atoms with Crippen LogP contribution in [0.1, 0.15) is 17.0 Å². The largest absolute Gasteiger partial charge is 0.390 e. The number of hydrogen-bond acceptors (Lipinski definition) is 2. The number of pyridine rings is 1. The summed E-state index contributed by atoms with van der Waals surface area (Å²) >= 11 is 0. The number of nitrogens with zero attached hydrogens (tertiary/aromatic N) is 2. The molecule has 0 saturated carbocycles. The zero-order valence-corrected chi connectivity index (χ0v) is 9.74. The van der Waals surface area contributed by atoms with Gasteiger partial charge < -0.3 is 5.11 Å². The molecule has 6 heteroatoms. The van der Waals surface area contributed by atoms with Gasteiger partial charge in [-0.3, -0.25) is 4.98 Å². The summed E-state index contributed by atoms with van der Waals surface area (Å²) in [6.07, 6.45) is -2.28. The van der Waals surface area contributed by atoms with Crippen molar-refractivity contribution in [2.75, 3.05) is 13.2 Å². The van der Waals surface area contributed by atoms with Crippen molar-refractivity contribution in [1.82, 2.24) is 4.98 Å². The van der Waals surface area contributed by atoms with Crippen LogP contribution in [0.2, 0.25) is 0 Å². The lowest BCUT2D eigenvalue weighted by Crippen LogP contribution is -2.33. The molecule has 1 aromatic rings. The van der Waals surface area contributed by atoms with Crippen molar-refractivity contribution in [3.8, 4) is 0 Å². The predicted molar refractivity (Wildman–Crippen MR) is 59.7 cm³/mol. The average Bonchev–Trinajstić information content (AvgIpc) is 2.38. The molecule has 0 unspecified atom stereocenters. The standard InChI is InChI=1S/C12H14F3N2O/c13-5-11(12(14)15)17-4-3-10-8(6-17)1-2-9(7-18)16-10/h1-2,12,18H,3-7H2/q+1. The fourth-order valence-corrected chi connectivity index (χ4v) is 2.08. The van der Waals surface area contributed by atoms with E-state index in [4.69, 9.17) is 5.11 Å². The van der Waals surface area contributed by atoms with E-state index >= 15 is 0 Å². The molecule has 3 nitrogen and oxygen atoms in total. The molecule has 0 radical (unpaired) electrons. The minimum Gasteiger partial charge on any atom is -0.390 e. The van der Waals surface area contributed by atoms with Crippen LogP contribution in [0.3, 0.4) is 0 Å². The van der Waals surface area contributed by atoms with Crippen LogP contribution in [-0.4, -0.2) is 40.0 Å². The van der Waals surface area contributed by atoms with Crippen LogP contribution in [0.15, 0.2) is 12.1 Å². The fraction of sp³-hybridized carbons (Fsp3) is 0.500. The average molecular weight is 259 g/mol. The van der Waals surface area contributed by atoms with E-state index in [1.165, 1.54) is 4.58 Å². The van der Waals surface area contributed by atoms with E-state index < -0.39 is 18.8 Å². The number of aliphatic hydroxyl groups excluding tert-OH is 1. The summed E-state index contributed by atoms with van der Waals surface area (Å²) in [4.78, 5) is 4.23. The predicted octanol–water partition coefficient (Wildman–Crippen LogP) is 1.32. The molecule has 0 fully saturated rings. The molecule has 0 spiro atoms. The van der Waals surface area contributed by atoms with Crippen molar-refractivity contribution in [3.63, 3.8) is 0 Å². The Morgan fingerprint density at radius 1 is 1.44 bits per heavy atom. The zero-order chi connectivity index (χ0) is 13.1. The second-order valence-corrected chi connectivity index (χ2v) is 4.16. The van der Waals surface area contributed by atoms with Gasteiger partial charge in [0.05, 0.1) is 18.0 Å². The summed E-state index contributed by atoms with van der Waals surface area (Å²) in [6, 6.07) is 3.40. The van der Waals surface area contributed by atoms with E-state index in [1.807, 2.05) is 0 Å². The molecule has 2 heterocycles. The Morgan fingerprint density at radius 3 is 2.83 bits per heavy atom. The number of hydrogen-bond donors (Lipinski definition) is 1. The van der Waals surface area contributed by atoms with Gasteiger partial charge in [-0.05, 0) is 12.1 Å². The normalized spacial score (nSPS) is 17.8. The summed E-state index contributed by atoms with van der Waals surface area (Å²) in [6.45, 7) is -0.693. The van der Waals surface area contributed by atoms with Gasteiger partial charge in [-0.15, -0.1) is 0 Å². The van der Waals surface area contributed by atoms with Gasteiger partial charge in [0.25, 0.3) is 5.71 Å². The molecule has 98 valence electrons. The second-order valence-electron chi connectivity index (χ2n) is 4.16. The lowest BCUT2D eigenvalue weighted by Gasteiger charge is -2.16. The number of fused-ring (bicyclic) bond motifs is 1. The van der Waals surface area contributed by atoms with Gasteiger partial charge >= 0.3 is 6.43 Å². The number of alkyl halides is 3. The molecule has 0 atom stereocenters. The third kappa shape index (κ3) is 2.53. The highest BCUT2D eigenvalue weighted by Gasteiger charge is 2.28. The highest BCUT2D eigenvalue weighted by atomic mass is 19.3. The van der Waals surface area contributed by atoms with Crippen LogP contribution >= 0.6 is 0 Å². The molecule has 1 aliphatic heterocycles. The summed E-state index contributed by atoms with van der Waals surface area (Å²) in [5, 5.41) is 8.96. The lowest BCUT2D eigenvalue weighted by molar-refractivity contribution is -0.551. The van der Waals surface area contributed by atoms with Gasteiger partial charge in [-0.25, -0.2) is 8.97 Å². The SMILES string of the molecule is OCc1ccc2c(n1)CC[N+](=C(CF)C(F)F)C2. The molecule has 1 aromatic heterocycles. The minimum atomic E-state index is -2.76. The van der Waals surface area contributed by atoms with Crippen molar-refractivity contribution in [3.05, 3.63) is 29.1 Å². The van der Waals surface area contributed by atoms with Gasteiger partial charge in [0.1, 0.15) is 6.54 Å². The van der Waals surface area contributed by atoms with Crippen LogP contribution in [-0.2, 0) is 19.6 Å². The molecule has 0 aromatic carbocycles. The Morgan fingerprint density at radius 2 is 2.22 bits per heavy atom. The van der Waals surface area contributed by atoms with Crippen molar-refractivity contribution in [1.29, 1.82) is 0 Å². The monoisotopic (exact) mass is 259 g/mol. The highest BCUT2D eigenvalue weighted by Crippen LogP contribution is 2.16. The van der Waals surface area contributed by atoms with Crippen LogP contribution in [0.4, 0.5) is 13.2 Å². The first-order valence-electron chi connectivity index (χ1n) is 5.69. The Labute approximate surface area is 103 Å². The fourth-order valence-electron chi connectivity index (χ4n) is 2.08. The van der Waals surface area contributed by atoms with Gasteiger partial charge in [0, 0.05) is 12.0 Å². The first-order valence-corrected chi connectivity index (χ1v) is 5.69. The quantitative estimate of drug-likeness (QED) is 0.831. The van der Waals surface area contributed by atoms with Gasteiger partial charge in [0.2, 0.25) is 0 Å². The van der Waals surface area contributed by atoms with Gasteiger partial charge in [-0.1, -0.05) is 0 Å². The topological polar surface area (TPSA) is 36.1 Å². The molecular formula is C12H14F3N2O+. The number of rotatable bonds is 3. The van der Waals surface area contributed by atoms with Crippen molar-refractivity contribution >= 4 is 5.71 Å². The summed E-state index contributed by atoms with van der Waals surface area (Å²) in [7, 11) is 0. The van der Waals surface area contributed by atoms with E-state index in [1.54, 1.807) is 12.1 Å². The second kappa shape index (κ2) is 5.48. The Hall–Kier alpha value is -1.43. The van der Waals surface area contributed by atoms with Crippen molar-refractivity contribution in [2.24, 2.45) is 0 Å². The van der Waals surface area contributed by atoms with Gasteiger partial charge in [-0.2, -0.15) is 8.78 Å². The third-order valence-corrected chi connectivity index (χ3v) is 3.06. The first-order chi connectivity index (χ1) is 8.65. The maximum Gasteiger partial charge on any atom is 0.319 e. The van der Waals surface area contributed by atoms with Crippen molar-refractivity contribution in [2.45, 2.75) is 26.0 Å². The molecule has 0 aliphatic carbocycles. The third-order valence-electron chi connectivity index (χ3n) is 3.06. The molecular weight excluding hydrogens is 245 g/mol. The molecule has 0 bridgehead atoms. The molecule has 0 amide bonds. The Bertz CT molecular complexity index is 474. The van der Waals surface area contributed by atoms with Crippen LogP contribution in [0.5, 0.6) is 0 Å². The van der Waals surface area contributed by atoms with E-state index in [2.05, 4.69) is 4.98 Å². The van der Waals surface area contributed by atoms with E-state index in [0.29, 0.717) is 18.7 Å². The zero-order valence-electron chi connectivity index (χ0n) is 9.74. The molecule has 0 saturated heterocycles. The summed E-state index contributed by atoms with van der Waals surface area (Å²) < 4.78 is 39.2. The molecule has 1 aliphatic rings. The Balaban J connectivity index is 2.30. The van der Waals surface area contributed by atoms with Gasteiger partial charge in [0.15, 0.2) is 13.2 Å². The lowest BCUT2D eigenvalue weighted by atomic mass is 10.1. The molecule has 18 heavy (non-hydrogen) atoms. The first kappa shape index (κ1) is 13.0. The molecule has 2 rings (SSSR count). The van der Waals surface area contributed by atoms with Crippen LogP contribution in [0, 0.1) is 0 Å². The van der Waals surface area contributed by atoms with Crippen molar-refractivity contribution < 1.29 is 22.9 Å². The maximum absolute atomic E-state index is 12.6. The molecule has 1 N–H and O–H groups in total. The highest BCUT2D eigenvalue weighted by molar-refractivity contribution is 5.83. The van der Waals surface area contributed by atoms with E-state index in [0.717, 1.165) is 11.3 Å². The maximum atomic E-state index is 12.6. The minimum absolute atomic E-state index is 0.143. The summed E-state index contributed by atoms with van der Waals surface area (Å²) in [5.74, 6) is 0. The van der Waals surface area contributed by atoms with E-state index in [9.17, 15) is 13.2 Å². The number of halogens is 3. The Kier molecular flexibility index (Phi) is 3.96.